The van der Waals surface area contributed by atoms with Gasteiger partial charge in [0.05, 0.1) is 23.3 Å². The SMILES string of the molecule is CCOCCCn1c(SC(C)C(=O)Nc2cccc(OC)c2)nc2ccccc2c1=O. The number of carbonyl (C=O) groups is 1. The number of para-hydroxylation sites is 1. The summed E-state index contributed by atoms with van der Waals surface area (Å²) in [6.45, 7) is 5.41. The Morgan fingerprint density at radius 1 is 1.23 bits per heavy atom. The Morgan fingerprint density at radius 3 is 2.81 bits per heavy atom. The average Bonchev–Trinajstić information content (AvgIpc) is 2.78. The van der Waals surface area contributed by atoms with Crippen LogP contribution in [0.4, 0.5) is 5.69 Å². The highest BCUT2D eigenvalue weighted by molar-refractivity contribution is 8.00. The number of amides is 1. The number of thioether (sulfide) groups is 1. The van der Waals surface area contributed by atoms with E-state index in [2.05, 4.69) is 10.3 Å². The molecule has 1 N–H and O–H groups in total. The molecule has 0 fully saturated rings. The Bertz CT molecular complexity index is 1100. The summed E-state index contributed by atoms with van der Waals surface area (Å²) in [6.07, 6.45) is 0.686. The highest BCUT2D eigenvalue weighted by Crippen LogP contribution is 2.24. The number of nitrogens with one attached hydrogen (secondary N) is 1. The lowest BCUT2D eigenvalue weighted by atomic mass is 10.2. The van der Waals surface area contributed by atoms with Crippen LogP contribution in [-0.4, -0.2) is 41.0 Å². The Hall–Kier alpha value is -2.84. The zero-order valence-corrected chi connectivity index (χ0v) is 18.8. The largest absolute Gasteiger partial charge is 0.497 e. The van der Waals surface area contributed by atoms with E-state index in [9.17, 15) is 9.59 Å². The van der Waals surface area contributed by atoms with Crippen molar-refractivity contribution in [2.24, 2.45) is 0 Å². The molecule has 8 heteroatoms. The molecule has 0 saturated carbocycles. The van der Waals surface area contributed by atoms with Crippen molar-refractivity contribution in [1.29, 1.82) is 0 Å². The molecule has 1 unspecified atom stereocenters. The van der Waals surface area contributed by atoms with Crippen molar-refractivity contribution in [2.75, 3.05) is 25.6 Å². The van der Waals surface area contributed by atoms with Gasteiger partial charge in [-0.25, -0.2) is 4.98 Å². The number of aromatic nitrogens is 2. The molecule has 3 rings (SSSR count). The minimum atomic E-state index is -0.461. The van der Waals surface area contributed by atoms with Crippen LogP contribution >= 0.6 is 11.8 Å². The van der Waals surface area contributed by atoms with Crippen LogP contribution in [0.5, 0.6) is 5.75 Å². The smallest absolute Gasteiger partial charge is 0.262 e. The van der Waals surface area contributed by atoms with E-state index < -0.39 is 5.25 Å². The van der Waals surface area contributed by atoms with E-state index in [1.165, 1.54) is 11.8 Å². The number of hydrogen-bond acceptors (Lipinski definition) is 6. The first kappa shape index (κ1) is 22.8. The van der Waals surface area contributed by atoms with Gasteiger partial charge in [-0.05, 0) is 44.5 Å². The van der Waals surface area contributed by atoms with Crippen LogP contribution in [0.2, 0.25) is 0 Å². The van der Waals surface area contributed by atoms with Gasteiger partial charge in [0.2, 0.25) is 5.91 Å². The summed E-state index contributed by atoms with van der Waals surface area (Å²) in [5.41, 5.74) is 1.17. The van der Waals surface area contributed by atoms with Crippen molar-refractivity contribution < 1.29 is 14.3 Å². The molecule has 0 aliphatic carbocycles. The summed E-state index contributed by atoms with van der Waals surface area (Å²) >= 11 is 1.27. The predicted molar refractivity (Wildman–Crippen MR) is 124 cm³/mol. The number of anilines is 1. The average molecular weight is 442 g/mol. The predicted octanol–water partition coefficient (Wildman–Crippen LogP) is 3.95. The van der Waals surface area contributed by atoms with Crippen LogP contribution in [-0.2, 0) is 16.1 Å². The van der Waals surface area contributed by atoms with Crippen LogP contribution in [0.1, 0.15) is 20.3 Å². The van der Waals surface area contributed by atoms with Gasteiger partial charge in [-0.3, -0.25) is 14.2 Å². The molecule has 164 valence electrons. The molecule has 0 radical (unpaired) electrons. The fraction of sp³-hybridized carbons (Fsp3) is 0.348. The van der Waals surface area contributed by atoms with E-state index >= 15 is 0 Å². The Balaban J connectivity index is 1.82. The molecule has 0 spiro atoms. The summed E-state index contributed by atoms with van der Waals surface area (Å²) in [7, 11) is 1.58. The lowest BCUT2D eigenvalue weighted by Gasteiger charge is -2.16. The van der Waals surface area contributed by atoms with Gasteiger partial charge >= 0.3 is 0 Å². The Morgan fingerprint density at radius 2 is 2.03 bits per heavy atom. The molecule has 0 saturated heterocycles. The summed E-state index contributed by atoms with van der Waals surface area (Å²) in [5, 5.41) is 3.52. The molecular weight excluding hydrogens is 414 g/mol. The van der Waals surface area contributed by atoms with Crippen molar-refractivity contribution in [2.45, 2.75) is 37.2 Å². The molecule has 31 heavy (non-hydrogen) atoms. The zero-order chi connectivity index (χ0) is 22.2. The van der Waals surface area contributed by atoms with Gasteiger partial charge in [-0.15, -0.1) is 0 Å². The molecule has 2 aromatic carbocycles. The lowest BCUT2D eigenvalue weighted by Crippen LogP contribution is -2.27. The summed E-state index contributed by atoms with van der Waals surface area (Å²) in [5.74, 6) is 0.485. The number of carbonyl (C=O) groups excluding carboxylic acids is 1. The van der Waals surface area contributed by atoms with E-state index in [1.807, 2.05) is 37.3 Å². The molecule has 1 aromatic heterocycles. The molecule has 7 nitrogen and oxygen atoms in total. The van der Waals surface area contributed by atoms with Crippen molar-refractivity contribution in [3.63, 3.8) is 0 Å². The molecule has 1 atom stereocenters. The maximum absolute atomic E-state index is 13.1. The first-order valence-electron chi connectivity index (χ1n) is 10.2. The number of rotatable bonds is 10. The third-order valence-electron chi connectivity index (χ3n) is 4.69. The van der Waals surface area contributed by atoms with Gasteiger partial charge in [0.25, 0.3) is 5.56 Å². The minimum absolute atomic E-state index is 0.106. The molecule has 0 aliphatic heterocycles. The number of fused-ring (bicyclic) bond motifs is 1. The second-order valence-corrected chi connectivity index (χ2v) is 8.21. The van der Waals surface area contributed by atoms with E-state index in [0.717, 1.165) is 0 Å². The van der Waals surface area contributed by atoms with Gasteiger partial charge in [-0.1, -0.05) is 30.0 Å². The summed E-state index contributed by atoms with van der Waals surface area (Å²) < 4.78 is 12.3. The number of nitrogens with zero attached hydrogens (tertiary/aromatic N) is 2. The van der Waals surface area contributed by atoms with Crippen LogP contribution in [0, 0.1) is 0 Å². The second kappa shape index (κ2) is 11.0. The number of hydrogen-bond donors (Lipinski definition) is 1. The maximum Gasteiger partial charge on any atom is 0.262 e. The topological polar surface area (TPSA) is 82.4 Å². The van der Waals surface area contributed by atoms with E-state index in [-0.39, 0.29) is 11.5 Å². The molecule has 1 amide bonds. The highest BCUT2D eigenvalue weighted by atomic mass is 32.2. The van der Waals surface area contributed by atoms with Crippen LogP contribution < -0.4 is 15.6 Å². The molecule has 3 aromatic rings. The second-order valence-electron chi connectivity index (χ2n) is 6.90. The molecule has 1 heterocycles. The first-order chi connectivity index (χ1) is 15.0. The fourth-order valence-electron chi connectivity index (χ4n) is 3.06. The lowest BCUT2D eigenvalue weighted by molar-refractivity contribution is -0.115. The maximum atomic E-state index is 13.1. The first-order valence-corrected chi connectivity index (χ1v) is 11.1. The molecule has 0 bridgehead atoms. The summed E-state index contributed by atoms with van der Waals surface area (Å²) in [4.78, 5) is 30.5. The fourth-order valence-corrected chi connectivity index (χ4v) is 3.99. The van der Waals surface area contributed by atoms with Gasteiger partial charge in [-0.2, -0.15) is 0 Å². The van der Waals surface area contributed by atoms with Gasteiger partial charge in [0.1, 0.15) is 5.75 Å². The van der Waals surface area contributed by atoms with E-state index in [4.69, 9.17) is 9.47 Å². The van der Waals surface area contributed by atoms with Gasteiger partial charge < -0.3 is 14.8 Å². The van der Waals surface area contributed by atoms with E-state index in [1.54, 1.807) is 36.8 Å². The van der Waals surface area contributed by atoms with Crippen molar-refractivity contribution in [3.8, 4) is 5.75 Å². The minimum Gasteiger partial charge on any atom is -0.497 e. The summed E-state index contributed by atoms with van der Waals surface area (Å²) in [6, 6.07) is 14.4. The number of methoxy groups -OCH3 is 1. The van der Waals surface area contributed by atoms with E-state index in [0.29, 0.717) is 53.7 Å². The quantitative estimate of drug-likeness (QED) is 0.291. The monoisotopic (exact) mass is 441 g/mol. The third kappa shape index (κ3) is 5.86. The van der Waals surface area contributed by atoms with Crippen molar-refractivity contribution in [3.05, 3.63) is 58.9 Å². The highest BCUT2D eigenvalue weighted by Gasteiger charge is 2.19. The number of ether oxygens (including phenoxy) is 2. The standard InChI is InChI=1S/C23H27N3O4S/c1-4-30-14-8-13-26-22(28)19-11-5-6-12-20(19)25-23(26)31-16(2)21(27)24-17-9-7-10-18(15-17)29-3/h5-7,9-12,15-16H,4,8,13-14H2,1-3H3,(H,24,27). The van der Waals surface area contributed by atoms with Crippen LogP contribution in [0.15, 0.2) is 58.5 Å². The van der Waals surface area contributed by atoms with Crippen LogP contribution in [0.3, 0.4) is 0 Å². The Kier molecular flexibility index (Phi) is 8.08. The molecular formula is C23H27N3O4S. The zero-order valence-electron chi connectivity index (χ0n) is 18.0. The van der Waals surface area contributed by atoms with Gasteiger partial charge in [0.15, 0.2) is 5.16 Å². The third-order valence-corrected chi connectivity index (χ3v) is 5.78. The van der Waals surface area contributed by atoms with Crippen LogP contribution in [0.25, 0.3) is 10.9 Å². The van der Waals surface area contributed by atoms with Crippen molar-refractivity contribution >= 4 is 34.3 Å². The van der Waals surface area contributed by atoms with Crippen molar-refractivity contribution in [1.82, 2.24) is 9.55 Å². The number of benzene rings is 2. The Labute approximate surface area is 185 Å². The normalized spacial score (nSPS) is 12.0. The van der Waals surface area contributed by atoms with Gasteiger partial charge in [0, 0.05) is 31.5 Å². The molecule has 0 aliphatic rings.